The van der Waals surface area contributed by atoms with E-state index >= 15 is 0 Å². The van der Waals surface area contributed by atoms with Gasteiger partial charge in [0, 0.05) is 6.04 Å². The minimum Gasteiger partial charge on any atom is -0.396 e. The summed E-state index contributed by atoms with van der Waals surface area (Å²) in [6.07, 6.45) is 6.73. The molecule has 2 rings (SSSR count). The summed E-state index contributed by atoms with van der Waals surface area (Å²) in [6.45, 7) is 4.17. The second kappa shape index (κ2) is 3.68. The zero-order valence-electron chi connectivity index (χ0n) is 8.75. The normalized spacial score (nSPS) is 10.9. The number of hydrogen-bond donors (Lipinski definition) is 1. The van der Waals surface area contributed by atoms with Crippen LogP contribution in [0.25, 0.3) is 11.5 Å². The molecule has 0 aromatic carbocycles. The highest BCUT2D eigenvalue weighted by Crippen LogP contribution is 2.18. The zero-order valence-corrected chi connectivity index (χ0v) is 8.75. The zero-order chi connectivity index (χ0) is 10.8. The third-order valence-electron chi connectivity index (χ3n) is 2.12. The summed E-state index contributed by atoms with van der Waals surface area (Å²) in [7, 11) is 0. The van der Waals surface area contributed by atoms with Crippen molar-refractivity contribution in [3.8, 4) is 11.5 Å². The van der Waals surface area contributed by atoms with E-state index in [0.717, 1.165) is 5.69 Å². The van der Waals surface area contributed by atoms with E-state index in [-0.39, 0.29) is 0 Å². The molecule has 0 aliphatic rings. The number of nitrogens with zero attached hydrogens (tertiary/aromatic N) is 4. The molecule has 0 aliphatic heterocycles. The summed E-state index contributed by atoms with van der Waals surface area (Å²) in [4.78, 5) is 12.4. The minimum absolute atomic E-state index is 0.337. The van der Waals surface area contributed by atoms with E-state index in [1.807, 2.05) is 4.57 Å². The first-order valence-electron chi connectivity index (χ1n) is 4.78. The summed E-state index contributed by atoms with van der Waals surface area (Å²) in [5, 5.41) is 0. The van der Waals surface area contributed by atoms with Crippen LogP contribution in [0.2, 0.25) is 0 Å². The van der Waals surface area contributed by atoms with Crippen LogP contribution in [0.15, 0.2) is 24.9 Å². The predicted octanol–water partition coefficient (Wildman–Crippen LogP) is 1.50. The van der Waals surface area contributed by atoms with Gasteiger partial charge in [-0.15, -0.1) is 0 Å². The SMILES string of the molecule is CC(C)n1cncc1-c1ncc(N)cn1. The van der Waals surface area contributed by atoms with Crippen LogP contribution in [-0.2, 0) is 0 Å². The molecular weight excluding hydrogens is 190 g/mol. The molecule has 0 radical (unpaired) electrons. The molecule has 15 heavy (non-hydrogen) atoms. The Labute approximate surface area is 88.0 Å². The van der Waals surface area contributed by atoms with Gasteiger partial charge in [-0.25, -0.2) is 15.0 Å². The lowest BCUT2D eigenvalue weighted by Crippen LogP contribution is -2.03. The largest absolute Gasteiger partial charge is 0.396 e. The van der Waals surface area contributed by atoms with Crippen molar-refractivity contribution >= 4 is 5.69 Å². The van der Waals surface area contributed by atoms with Gasteiger partial charge in [-0.2, -0.15) is 0 Å². The van der Waals surface area contributed by atoms with Crippen molar-refractivity contribution in [3.05, 3.63) is 24.9 Å². The van der Waals surface area contributed by atoms with E-state index in [2.05, 4.69) is 28.8 Å². The summed E-state index contributed by atoms with van der Waals surface area (Å²) in [5.74, 6) is 0.649. The topological polar surface area (TPSA) is 69.6 Å². The minimum atomic E-state index is 0.337. The molecule has 0 unspecified atom stereocenters. The average Bonchev–Trinajstić information content (AvgIpc) is 2.67. The number of aromatic nitrogens is 4. The van der Waals surface area contributed by atoms with Crippen LogP contribution in [-0.4, -0.2) is 19.5 Å². The van der Waals surface area contributed by atoms with Gasteiger partial charge < -0.3 is 10.3 Å². The van der Waals surface area contributed by atoms with Gasteiger partial charge in [0.2, 0.25) is 0 Å². The molecular formula is C10H13N5. The van der Waals surface area contributed by atoms with E-state index < -0.39 is 0 Å². The lowest BCUT2D eigenvalue weighted by Gasteiger charge is -2.10. The van der Waals surface area contributed by atoms with Gasteiger partial charge in [0.05, 0.1) is 30.6 Å². The van der Waals surface area contributed by atoms with Crippen LogP contribution in [0.1, 0.15) is 19.9 Å². The third-order valence-corrected chi connectivity index (χ3v) is 2.12. The van der Waals surface area contributed by atoms with Gasteiger partial charge in [0.15, 0.2) is 5.82 Å². The predicted molar refractivity (Wildman–Crippen MR) is 58.1 cm³/mol. The van der Waals surface area contributed by atoms with E-state index in [1.165, 1.54) is 0 Å². The molecule has 0 bridgehead atoms. The Kier molecular flexibility index (Phi) is 2.37. The molecule has 2 aromatic rings. The molecule has 5 heteroatoms. The third kappa shape index (κ3) is 1.81. The summed E-state index contributed by atoms with van der Waals surface area (Å²) >= 11 is 0. The Hall–Kier alpha value is -1.91. The fraction of sp³-hybridized carbons (Fsp3) is 0.300. The number of rotatable bonds is 2. The number of imidazole rings is 1. The Bertz CT molecular complexity index is 443. The van der Waals surface area contributed by atoms with Crippen molar-refractivity contribution in [3.63, 3.8) is 0 Å². The first kappa shape index (κ1) is 9.64. The van der Waals surface area contributed by atoms with Crippen LogP contribution in [0, 0.1) is 0 Å². The average molecular weight is 203 g/mol. The fourth-order valence-corrected chi connectivity index (χ4v) is 1.36. The van der Waals surface area contributed by atoms with Crippen LogP contribution in [0.3, 0.4) is 0 Å². The van der Waals surface area contributed by atoms with Crippen molar-refractivity contribution in [2.45, 2.75) is 19.9 Å². The molecule has 78 valence electrons. The molecule has 0 saturated carbocycles. The van der Waals surface area contributed by atoms with Crippen molar-refractivity contribution in [1.82, 2.24) is 19.5 Å². The fourth-order valence-electron chi connectivity index (χ4n) is 1.36. The number of hydrogen-bond acceptors (Lipinski definition) is 4. The molecule has 5 nitrogen and oxygen atoms in total. The van der Waals surface area contributed by atoms with E-state index in [0.29, 0.717) is 17.6 Å². The Morgan fingerprint density at radius 3 is 2.47 bits per heavy atom. The van der Waals surface area contributed by atoms with Gasteiger partial charge in [-0.05, 0) is 13.8 Å². The van der Waals surface area contributed by atoms with Crippen LogP contribution in [0.4, 0.5) is 5.69 Å². The molecule has 0 saturated heterocycles. The number of nitrogen functional groups attached to an aromatic ring is 1. The maximum atomic E-state index is 5.53. The molecule has 0 amide bonds. The van der Waals surface area contributed by atoms with Gasteiger partial charge in [0.25, 0.3) is 0 Å². The Morgan fingerprint density at radius 1 is 1.20 bits per heavy atom. The summed E-state index contributed by atoms with van der Waals surface area (Å²) in [6, 6.07) is 0.337. The number of nitrogens with two attached hydrogens (primary N) is 1. The van der Waals surface area contributed by atoms with Crippen molar-refractivity contribution in [2.75, 3.05) is 5.73 Å². The maximum Gasteiger partial charge on any atom is 0.177 e. The van der Waals surface area contributed by atoms with E-state index in [9.17, 15) is 0 Å². The van der Waals surface area contributed by atoms with Crippen LogP contribution in [0.5, 0.6) is 0 Å². The molecule has 2 heterocycles. The Balaban J connectivity index is 2.45. The highest BCUT2D eigenvalue weighted by Gasteiger charge is 2.09. The molecule has 0 spiro atoms. The van der Waals surface area contributed by atoms with E-state index in [4.69, 9.17) is 5.73 Å². The lowest BCUT2D eigenvalue weighted by atomic mass is 10.3. The van der Waals surface area contributed by atoms with Crippen molar-refractivity contribution in [2.24, 2.45) is 0 Å². The van der Waals surface area contributed by atoms with Gasteiger partial charge in [-0.1, -0.05) is 0 Å². The van der Waals surface area contributed by atoms with Gasteiger partial charge in [0.1, 0.15) is 5.69 Å². The molecule has 0 atom stereocenters. The molecule has 0 aliphatic carbocycles. The highest BCUT2D eigenvalue weighted by atomic mass is 15.1. The molecule has 0 fully saturated rings. The highest BCUT2D eigenvalue weighted by molar-refractivity contribution is 5.50. The first-order chi connectivity index (χ1) is 7.18. The monoisotopic (exact) mass is 203 g/mol. The van der Waals surface area contributed by atoms with Crippen LogP contribution >= 0.6 is 0 Å². The van der Waals surface area contributed by atoms with Crippen molar-refractivity contribution < 1.29 is 0 Å². The number of anilines is 1. The second-order valence-corrected chi connectivity index (χ2v) is 3.62. The van der Waals surface area contributed by atoms with E-state index in [1.54, 1.807) is 24.9 Å². The second-order valence-electron chi connectivity index (χ2n) is 3.62. The van der Waals surface area contributed by atoms with Gasteiger partial charge >= 0.3 is 0 Å². The lowest BCUT2D eigenvalue weighted by molar-refractivity contribution is 0.603. The van der Waals surface area contributed by atoms with Crippen molar-refractivity contribution in [1.29, 1.82) is 0 Å². The Morgan fingerprint density at radius 2 is 1.87 bits per heavy atom. The maximum absolute atomic E-state index is 5.53. The summed E-state index contributed by atoms with van der Waals surface area (Å²) in [5.41, 5.74) is 7.00. The smallest absolute Gasteiger partial charge is 0.177 e. The molecule has 2 N–H and O–H groups in total. The van der Waals surface area contributed by atoms with Gasteiger partial charge in [-0.3, -0.25) is 0 Å². The first-order valence-corrected chi connectivity index (χ1v) is 4.78. The standard InChI is InChI=1S/C10H13N5/c1-7(2)15-6-12-5-9(15)10-13-3-8(11)4-14-10/h3-7H,11H2,1-2H3. The molecule has 2 aromatic heterocycles. The van der Waals surface area contributed by atoms with Crippen LogP contribution < -0.4 is 5.73 Å². The quantitative estimate of drug-likeness (QED) is 0.803. The summed E-state index contributed by atoms with van der Waals surface area (Å²) < 4.78 is 2.02.